The number of piperidine rings is 1. The molecule has 0 spiro atoms. The first-order chi connectivity index (χ1) is 13.0. The number of nitrogens with one attached hydrogen (secondary N) is 1. The molecule has 0 aliphatic carbocycles. The second kappa shape index (κ2) is 9.04. The maximum Gasteiger partial charge on any atom is 0.317 e. The van der Waals surface area contributed by atoms with Gasteiger partial charge in [-0.3, -0.25) is 0 Å². The Balaban J connectivity index is 1.43. The fourth-order valence-corrected chi connectivity index (χ4v) is 3.75. The van der Waals surface area contributed by atoms with E-state index in [4.69, 9.17) is 4.52 Å². The van der Waals surface area contributed by atoms with Crippen molar-refractivity contribution in [2.75, 3.05) is 33.2 Å². The van der Waals surface area contributed by atoms with Crippen molar-refractivity contribution >= 4 is 6.03 Å². The van der Waals surface area contributed by atoms with Crippen LogP contribution < -0.4 is 5.32 Å². The third-order valence-corrected chi connectivity index (χ3v) is 5.40. The summed E-state index contributed by atoms with van der Waals surface area (Å²) in [6, 6.07) is 10.7. The number of aromatic nitrogens is 1. The summed E-state index contributed by atoms with van der Waals surface area (Å²) in [5.41, 5.74) is 3.24. The van der Waals surface area contributed by atoms with Crippen LogP contribution in [0.5, 0.6) is 0 Å². The van der Waals surface area contributed by atoms with E-state index in [1.54, 1.807) is 11.9 Å². The molecule has 1 N–H and O–H groups in total. The largest absolute Gasteiger partial charge is 0.361 e. The fraction of sp³-hybridized carbons (Fsp3) is 0.524. The maximum atomic E-state index is 12.4. The molecule has 2 amide bonds. The Kier molecular flexibility index (Phi) is 6.50. The van der Waals surface area contributed by atoms with Gasteiger partial charge in [-0.15, -0.1) is 0 Å². The van der Waals surface area contributed by atoms with Gasteiger partial charge in [0.25, 0.3) is 0 Å². The number of urea groups is 1. The van der Waals surface area contributed by atoms with E-state index < -0.39 is 0 Å². The van der Waals surface area contributed by atoms with Gasteiger partial charge in [-0.2, -0.15) is 0 Å². The summed E-state index contributed by atoms with van der Waals surface area (Å²) in [5.74, 6) is 1.37. The van der Waals surface area contributed by atoms with Gasteiger partial charge in [0, 0.05) is 32.2 Å². The van der Waals surface area contributed by atoms with Gasteiger partial charge < -0.3 is 19.6 Å². The minimum atomic E-state index is -0.0633. The van der Waals surface area contributed by atoms with Crippen LogP contribution >= 0.6 is 0 Å². The fourth-order valence-electron chi connectivity index (χ4n) is 3.75. The molecule has 1 atom stereocenters. The molecular formula is C21H30N4O2. The molecule has 1 aliphatic heterocycles. The van der Waals surface area contributed by atoms with Crippen molar-refractivity contribution in [2.24, 2.45) is 0 Å². The van der Waals surface area contributed by atoms with Crippen molar-refractivity contribution in [3.05, 3.63) is 52.9 Å². The summed E-state index contributed by atoms with van der Waals surface area (Å²) >= 11 is 0. The Labute approximate surface area is 161 Å². The number of benzene rings is 1. The van der Waals surface area contributed by atoms with Crippen molar-refractivity contribution in [3.8, 4) is 0 Å². The number of carbonyl (C=O) groups excluding carboxylic acids is 1. The number of amides is 2. The summed E-state index contributed by atoms with van der Waals surface area (Å²) in [5, 5.41) is 6.97. The average Bonchev–Trinajstić information content (AvgIpc) is 3.01. The van der Waals surface area contributed by atoms with Crippen LogP contribution in [0, 0.1) is 13.8 Å². The Morgan fingerprint density at radius 3 is 2.81 bits per heavy atom. The third kappa shape index (κ3) is 5.10. The van der Waals surface area contributed by atoms with E-state index in [0.29, 0.717) is 19.0 Å². The topological polar surface area (TPSA) is 61.6 Å². The van der Waals surface area contributed by atoms with Crippen LogP contribution in [0.3, 0.4) is 0 Å². The molecule has 27 heavy (non-hydrogen) atoms. The second-order valence-corrected chi connectivity index (χ2v) is 7.44. The van der Waals surface area contributed by atoms with E-state index >= 15 is 0 Å². The summed E-state index contributed by atoms with van der Waals surface area (Å²) in [6.45, 7) is 7.99. The smallest absolute Gasteiger partial charge is 0.317 e. The molecule has 1 aliphatic rings. The van der Waals surface area contributed by atoms with Gasteiger partial charge in [-0.05, 0) is 44.7 Å². The Morgan fingerprint density at radius 1 is 1.33 bits per heavy atom. The molecule has 146 valence electrons. The monoisotopic (exact) mass is 370 g/mol. The summed E-state index contributed by atoms with van der Waals surface area (Å²) in [6.07, 6.45) is 2.45. The van der Waals surface area contributed by atoms with Crippen molar-refractivity contribution in [1.82, 2.24) is 20.3 Å². The van der Waals surface area contributed by atoms with Gasteiger partial charge in [0.15, 0.2) is 0 Å². The van der Waals surface area contributed by atoms with E-state index in [1.807, 2.05) is 13.8 Å². The van der Waals surface area contributed by atoms with Gasteiger partial charge in [0.2, 0.25) is 0 Å². The number of carbonyl (C=O) groups is 1. The molecule has 2 aromatic rings. The minimum absolute atomic E-state index is 0.0633. The van der Waals surface area contributed by atoms with Gasteiger partial charge in [0.1, 0.15) is 5.76 Å². The van der Waals surface area contributed by atoms with Crippen LogP contribution in [0.25, 0.3) is 0 Å². The minimum Gasteiger partial charge on any atom is -0.361 e. The van der Waals surface area contributed by atoms with E-state index in [2.05, 4.69) is 45.7 Å². The van der Waals surface area contributed by atoms with Crippen molar-refractivity contribution < 1.29 is 9.32 Å². The summed E-state index contributed by atoms with van der Waals surface area (Å²) < 4.78 is 5.17. The molecule has 0 radical (unpaired) electrons. The van der Waals surface area contributed by atoms with E-state index in [1.165, 1.54) is 18.4 Å². The van der Waals surface area contributed by atoms with E-state index in [-0.39, 0.29) is 6.03 Å². The number of aryl methyl sites for hydroxylation is 2. The van der Waals surface area contributed by atoms with Crippen LogP contribution in [0.1, 0.15) is 41.3 Å². The predicted molar refractivity (Wildman–Crippen MR) is 106 cm³/mol. The molecular weight excluding hydrogens is 340 g/mol. The summed E-state index contributed by atoms with van der Waals surface area (Å²) in [7, 11) is 1.80. The standard InChI is InChI=1S/C21H30N4O2/c1-16-20(17(2)27-23-16)15-24(3)21(26)22-11-13-25-12-7-10-19(14-25)18-8-5-4-6-9-18/h4-6,8-9,19H,7,10-15H2,1-3H3,(H,22,26)/t19-/m1/s1. The molecule has 6 nitrogen and oxygen atoms in total. The number of rotatable bonds is 6. The molecule has 0 unspecified atom stereocenters. The van der Waals surface area contributed by atoms with Gasteiger partial charge in [-0.1, -0.05) is 35.5 Å². The number of hydrogen-bond acceptors (Lipinski definition) is 4. The maximum absolute atomic E-state index is 12.4. The quantitative estimate of drug-likeness (QED) is 0.847. The van der Waals surface area contributed by atoms with Crippen LogP contribution in [0.4, 0.5) is 4.79 Å². The first-order valence-electron chi connectivity index (χ1n) is 9.72. The first-order valence-corrected chi connectivity index (χ1v) is 9.72. The normalized spacial score (nSPS) is 17.7. The van der Waals surface area contributed by atoms with Crippen molar-refractivity contribution in [3.63, 3.8) is 0 Å². The highest BCUT2D eigenvalue weighted by Crippen LogP contribution is 2.26. The Morgan fingerprint density at radius 2 is 2.11 bits per heavy atom. The zero-order valence-electron chi connectivity index (χ0n) is 16.6. The number of hydrogen-bond donors (Lipinski definition) is 1. The molecule has 3 rings (SSSR count). The molecule has 1 fully saturated rings. The lowest BCUT2D eigenvalue weighted by Gasteiger charge is -2.33. The molecule has 0 bridgehead atoms. The average molecular weight is 370 g/mol. The molecule has 1 saturated heterocycles. The molecule has 2 heterocycles. The van der Waals surface area contributed by atoms with Gasteiger partial charge in [-0.25, -0.2) is 4.79 Å². The lowest BCUT2D eigenvalue weighted by Crippen LogP contribution is -2.43. The predicted octanol–water partition coefficient (Wildman–Crippen LogP) is 3.31. The van der Waals surface area contributed by atoms with Crippen LogP contribution in [0.2, 0.25) is 0 Å². The Hall–Kier alpha value is -2.34. The number of likely N-dealkylation sites (tertiary alicyclic amines) is 1. The lowest BCUT2D eigenvalue weighted by atomic mass is 9.91. The highest BCUT2D eigenvalue weighted by Gasteiger charge is 2.21. The lowest BCUT2D eigenvalue weighted by molar-refractivity contribution is 0.192. The number of nitrogens with zero attached hydrogens (tertiary/aromatic N) is 3. The SMILES string of the molecule is Cc1noc(C)c1CN(C)C(=O)NCCN1CCC[C@@H](c2ccccc2)C1. The molecule has 0 saturated carbocycles. The van der Waals surface area contributed by atoms with Crippen LogP contribution in [-0.4, -0.2) is 54.2 Å². The highest BCUT2D eigenvalue weighted by molar-refractivity contribution is 5.73. The van der Waals surface area contributed by atoms with E-state index in [0.717, 1.165) is 36.7 Å². The van der Waals surface area contributed by atoms with Gasteiger partial charge >= 0.3 is 6.03 Å². The zero-order valence-corrected chi connectivity index (χ0v) is 16.6. The van der Waals surface area contributed by atoms with E-state index in [9.17, 15) is 4.79 Å². The molecule has 1 aromatic heterocycles. The Bertz CT molecular complexity index is 724. The molecule has 6 heteroatoms. The first kappa shape index (κ1) is 19.4. The van der Waals surface area contributed by atoms with Crippen molar-refractivity contribution in [1.29, 1.82) is 0 Å². The highest BCUT2D eigenvalue weighted by atomic mass is 16.5. The second-order valence-electron chi connectivity index (χ2n) is 7.44. The van der Waals surface area contributed by atoms with Gasteiger partial charge in [0.05, 0.1) is 12.2 Å². The van der Waals surface area contributed by atoms with Crippen LogP contribution in [0.15, 0.2) is 34.9 Å². The summed E-state index contributed by atoms with van der Waals surface area (Å²) in [4.78, 5) is 16.5. The zero-order chi connectivity index (χ0) is 19.2. The van der Waals surface area contributed by atoms with Crippen molar-refractivity contribution in [2.45, 2.75) is 39.2 Å². The van der Waals surface area contributed by atoms with Crippen LogP contribution in [-0.2, 0) is 6.54 Å². The third-order valence-electron chi connectivity index (χ3n) is 5.40. The molecule has 1 aromatic carbocycles.